The Labute approximate surface area is 176 Å². The average Bonchev–Trinajstić information content (AvgIpc) is 3.14. The van der Waals surface area contributed by atoms with E-state index in [4.69, 9.17) is 4.74 Å². The Hall–Kier alpha value is -3.28. The van der Waals surface area contributed by atoms with Crippen molar-refractivity contribution in [2.75, 3.05) is 13.7 Å². The van der Waals surface area contributed by atoms with Crippen molar-refractivity contribution in [3.63, 3.8) is 0 Å². The summed E-state index contributed by atoms with van der Waals surface area (Å²) in [6.07, 6.45) is 0.785. The van der Waals surface area contributed by atoms with E-state index in [-0.39, 0.29) is 17.7 Å². The lowest BCUT2D eigenvalue weighted by Gasteiger charge is -2.32. The average molecular weight is 405 g/mol. The number of methoxy groups -OCH3 is 1. The standard InChI is InChI=1S/C24H27N3O3/c1-15(2)22(26-23(28)16-8-10-17(30-3)11-9-16)24(29)27-13-12-21-19(14-27)18-6-4-5-7-20(18)25-21/h4-11,15,22,25H,12-14H2,1-3H3,(H,26,28). The minimum atomic E-state index is -0.577. The van der Waals surface area contributed by atoms with Gasteiger partial charge in [-0.15, -0.1) is 0 Å². The first kappa shape index (κ1) is 20.0. The first-order chi connectivity index (χ1) is 14.5. The number of fused-ring (bicyclic) bond motifs is 3. The molecule has 2 heterocycles. The summed E-state index contributed by atoms with van der Waals surface area (Å²) in [6, 6.07) is 14.5. The van der Waals surface area contributed by atoms with Crippen LogP contribution in [0.2, 0.25) is 0 Å². The van der Waals surface area contributed by atoms with E-state index in [1.165, 1.54) is 11.3 Å². The molecule has 0 aliphatic carbocycles. The van der Waals surface area contributed by atoms with E-state index >= 15 is 0 Å². The molecule has 30 heavy (non-hydrogen) atoms. The van der Waals surface area contributed by atoms with Gasteiger partial charge in [-0.2, -0.15) is 0 Å². The van der Waals surface area contributed by atoms with Crippen LogP contribution in [-0.2, 0) is 17.8 Å². The van der Waals surface area contributed by atoms with E-state index in [2.05, 4.69) is 22.4 Å². The number of hydrogen-bond donors (Lipinski definition) is 2. The van der Waals surface area contributed by atoms with Gasteiger partial charge in [0.05, 0.1) is 7.11 Å². The van der Waals surface area contributed by atoms with Gasteiger partial charge < -0.3 is 19.9 Å². The Morgan fingerprint density at radius 1 is 1.10 bits per heavy atom. The third-order valence-corrected chi connectivity index (χ3v) is 5.77. The number of carbonyl (C=O) groups excluding carboxylic acids is 2. The molecule has 1 atom stereocenters. The number of hydrogen-bond acceptors (Lipinski definition) is 3. The highest BCUT2D eigenvalue weighted by Crippen LogP contribution is 2.28. The predicted molar refractivity (Wildman–Crippen MR) is 117 cm³/mol. The third-order valence-electron chi connectivity index (χ3n) is 5.77. The number of H-pyrrole nitrogens is 1. The fraction of sp³-hybridized carbons (Fsp3) is 0.333. The van der Waals surface area contributed by atoms with E-state index in [0.717, 1.165) is 17.3 Å². The molecule has 1 aromatic heterocycles. The van der Waals surface area contributed by atoms with Crippen molar-refractivity contribution in [1.82, 2.24) is 15.2 Å². The number of nitrogens with one attached hydrogen (secondary N) is 2. The van der Waals surface area contributed by atoms with Crippen LogP contribution in [0.3, 0.4) is 0 Å². The molecule has 0 bridgehead atoms. The lowest BCUT2D eigenvalue weighted by Crippen LogP contribution is -2.52. The van der Waals surface area contributed by atoms with Crippen molar-refractivity contribution in [3.05, 3.63) is 65.4 Å². The molecule has 2 amide bonds. The summed E-state index contributed by atoms with van der Waals surface area (Å²) in [7, 11) is 1.58. The van der Waals surface area contributed by atoms with E-state index in [1.807, 2.05) is 30.9 Å². The summed E-state index contributed by atoms with van der Waals surface area (Å²) in [5.41, 5.74) is 3.98. The van der Waals surface area contributed by atoms with Gasteiger partial charge in [0.15, 0.2) is 0 Å². The summed E-state index contributed by atoms with van der Waals surface area (Å²) in [5, 5.41) is 4.10. The Bertz CT molecular complexity index is 1070. The minimum absolute atomic E-state index is 0.0240. The molecule has 3 aromatic rings. The second kappa shape index (κ2) is 8.22. The molecule has 2 N–H and O–H groups in total. The molecule has 2 aromatic carbocycles. The Balaban J connectivity index is 1.51. The molecule has 6 nitrogen and oxygen atoms in total. The molecule has 156 valence electrons. The predicted octanol–water partition coefficient (Wildman–Crippen LogP) is 3.52. The van der Waals surface area contributed by atoms with Crippen LogP contribution in [0.1, 0.15) is 35.5 Å². The number of aromatic nitrogens is 1. The van der Waals surface area contributed by atoms with Crippen LogP contribution in [-0.4, -0.2) is 41.4 Å². The number of nitrogens with zero attached hydrogens (tertiary/aromatic N) is 1. The van der Waals surface area contributed by atoms with Gasteiger partial charge in [0.2, 0.25) is 5.91 Å². The topological polar surface area (TPSA) is 74.4 Å². The van der Waals surface area contributed by atoms with Gasteiger partial charge in [0.25, 0.3) is 5.91 Å². The number of aromatic amines is 1. The molecular weight excluding hydrogens is 378 g/mol. The zero-order valence-corrected chi connectivity index (χ0v) is 17.6. The van der Waals surface area contributed by atoms with Gasteiger partial charge in [-0.05, 0) is 36.2 Å². The molecular formula is C24H27N3O3. The molecule has 1 aliphatic heterocycles. The third kappa shape index (κ3) is 3.77. The second-order valence-electron chi connectivity index (χ2n) is 8.06. The highest BCUT2D eigenvalue weighted by atomic mass is 16.5. The summed E-state index contributed by atoms with van der Waals surface area (Å²) >= 11 is 0. The molecule has 0 spiro atoms. The lowest BCUT2D eigenvalue weighted by atomic mass is 9.99. The number of carbonyl (C=O) groups is 2. The van der Waals surface area contributed by atoms with Gasteiger partial charge in [-0.3, -0.25) is 9.59 Å². The number of ether oxygens (including phenoxy) is 1. The maximum Gasteiger partial charge on any atom is 0.251 e. The molecule has 0 radical (unpaired) electrons. The van der Waals surface area contributed by atoms with Crippen LogP contribution in [0, 0.1) is 5.92 Å². The van der Waals surface area contributed by atoms with Crippen molar-refractivity contribution in [2.24, 2.45) is 5.92 Å². The van der Waals surface area contributed by atoms with Gasteiger partial charge in [-0.25, -0.2) is 0 Å². The van der Waals surface area contributed by atoms with Crippen molar-refractivity contribution in [2.45, 2.75) is 32.9 Å². The summed E-state index contributed by atoms with van der Waals surface area (Å²) < 4.78 is 5.14. The normalized spacial score (nSPS) is 14.5. The van der Waals surface area contributed by atoms with Crippen molar-refractivity contribution >= 4 is 22.7 Å². The van der Waals surface area contributed by atoms with E-state index in [9.17, 15) is 9.59 Å². The van der Waals surface area contributed by atoms with Crippen molar-refractivity contribution in [3.8, 4) is 5.75 Å². The Morgan fingerprint density at radius 3 is 2.53 bits per heavy atom. The highest BCUT2D eigenvalue weighted by molar-refractivity contribution is 5.98. The molecule has 4 rings (SSSR count). The van der Waals surface area contributed by atoms with Crippen LogP contribution in [0.15, 0.2) is 48.5 Å². The smallest absolute Gasteiger partial charge is 0.251 e. The summed E-state index contributed by atoms with van der Waals surface area (Å²) in [5.74, 6) is 0.368. The van der Waals surface area contributed by atoms with Gasteiger partial charge in [0.1, 0.15) is 11.8 Å². The monoisotopic (exact) mass is 405 g/mol. The fourth-order valence-corrected chi connectivity index (χ4v) is 4.03. The van der Waals surface area contributed by atoms with E-state index in [1.54, 1.807) is 31.4 Å². The van der Waals surface area contributed by atoms with Gasteiger partial charge >= 0.3 is 0 Å². The van der Waals surface area contributed by atoms with Crippen LogP contribution in [0.25, 0.3) is 10.9 Å². The minimum Gasteiger partial charge on any atom is -0.497 e. The maximum absolute atomic E-state index is 13.4. The highest BCUT2D eigenvalue weighted by Gasteiger charge is 2.32. The molecule has 1 aliphatic rings. The van der Waals surface area contributed by atoms with Crippen LogP contribution >= 0.6 is 0 Å². The molecule has 0 saturated carbocycles. The van der Waals surface area contributed by atoms with Crippen molar-refractivity contribution in [1.29, 1.82) is 0 Å². The number of benzene rings is 2. The molecule has 0 fully saturated rings. The Morgan fingerprint density at radius 2 is 1.83 bits per heavy atom. The molecule has 0 saturated heterocycles. The summed E-state index contributed by atoms with van der Waals surface area (Å²) in [4.78, 5) is 31.4. The fourth-order valence-electron chi connectivity index (χ4n) is 4.03. The zero-order chi connectivity index (χ0) is 21.3. The Kier molecular flexibility index (Phi) is 5.48. The van der Waals surface area contributed by atoms with E-state index < -0.39 is 6.04 Å². The number of rotatable bonds is 5. The number of amides is 2. The largest absolute Gasteiger partial charge is 0.497 e. The van der Waals surface area contributed by atoms with Crippen LogP contribution < -0.4 is 10.1 Å². The van der Waals surface area contributed by atoms with Crippen LogP contribution in [0.4, 0.5) is 0 Å². The second-order valence-corrected chi connectivity index (χ2v) is 8.06. The van der Waals surface area contributed by atoms with Gasteiger partial charge in [0, 0.05) is 47.2 Å². The van der Waals surface area contributed by atoms with Crippen molar-refractivity contribution < 1.29 is 14.3 Å². The quantitative estimate of drug-likeness (QED) is 0.682. The first-order valence-corrected chi connectivity index (χ1v) is 10.3. The molecule has 1 unspecified atom stereocenters. The molecule has 6 heteroatoms. The van der Waals surface area contributed by atoms with Crippen LogP contribution in [0.5, 0.6) is 5.75 Å². The lowest BCUT2D eigenvalue weighted by molar-refractivity contribution is -0.135. The number of para-hydroxylation sites is 1. The van der Waals surface area contributed by atoms with Gasteiger partial charge in [-0.1, -0.05) is 32.0 Å². The zero-order valence-electron chi connectivity index (χ0n) is 17.6. The first-order valence-electron chi connectivity index (χ1n) is 10.3. The maximum atomic E-state index is 13.4. The van der Waals surface area contributed by atoms with E-state index in [0.29, 0.717) is 24.4 Å². The summed E-state index contributed by atoms with van der Waals surface area (Å²) in [6.45, 7) is 5.11. The SMILES string of the molecule is COc1ccc(C(=O)NC(C(=O)N2CCc3[nH]c4ccccc4c3C2)C(C)C)cc1.